The van der Waals surface area contributed by atoms with Crippen molar-refractivity contribution in [1.82, 2.24) is 0 Å². The zero-order valence-corrected chi connectivity index (χ0v) is 11.1. The van der Waals surface area contributed by atoms with E-state index in [0.29, 0.717) is 5.75 Å². The molecule has 0 fully saturated rings. The Morgan fingerprint density at radius 3 is 2.65 bits per heavy atom. The number of unbranched alkanes of at least 4 members (excludes halogenated alkanes) is 5. The van der Waals surface area contributed by atoms with E-state index in [1.54, 1.807) is 6.07 Å². The molecule has 0 heterocycles. The van der Waals surface area contributed by atoms with Crippen LogP contribution in [0.3, 0.4) is 0 Å². The maximum absolute atomic E-state index is 9.57. The molecule has 0 bridgehead atoms. The first-order valence-electron chi connectivity index (χ1n) is 6.70. The molecular formula is C16H24O. The van der Waals surface area contributed by atoms with Crippen LogP contribution in [0.4, 0.5) is 0 Å². The van der Waals surface area contributed by atoms with Gasteiger partial charge in [0.2, 0.25) is 0 Å². The van der Waals surface area contributed by atoms with Crippen LogP contribution in [0, 0.1) is 6.92 Å². The van der Waals surface area contributed by atoms with Crippen LogP contribution in [0.5, 0.6) is 5.75 Å². The molecule has 0 radical (unpaired) electrons. The van der Waals surface area contributed by atoms with Gasteiger partial charge >= 0.3 is 0 Å². The molecule has 0 saturated heterocycles. The lowest BCUT2D eigenvalue weighted by Crippen LogP contribution is -1.81. The molecule has 17 heavy (non-hydrogen) atoms. The van der Waals surface area contributed by atoms with Gasteiger partial charge in [0.15, 0.2) is 0 Å². The summed E-state index contributed by atoms with van der Waals surface area (Å²) in [6.07, 6.45) is 12.1. The minimum atomic E-state index is 0.384. The SMILES string of the molecule is CCCCCCC/C=C/c1cccc(O)c1C. The van der Waals surface area contributed by atoms with Gasteiger partial charge in [-0.3, -0.25) is 0 Å². The van der Waals surface area contributed by atoms with Crippen molar-refractivity contribution in [2.75, 3.05) is 0 Å². The molecule has 94 valence electrons. The molecule has 1 nitrogen and oxygen atoms in total. The molecule has 1 aromatic rings. The van der Waals surface area contributed by atoms with Crippen LogP contribution in [0.25, 0.3) is 6.08 Å². The first-order chi connectivity index (χ1) is 8.25. The maximum Gasteiger partial charge on any atom is 0.119 e. The molecular weight excluding hydrogens is 208 g/mol. The van der Waals surface area contributed by atoms with Crippen LogP contribution in [-0.4, -0.2) is 5.11 Å². The molecule has 1 aromatic carbocycles. The Morgan fingerprint density at radius 1 is 1.12 bits per heavy atom. The van der Waals surface area contributed by atoms with Crippen molar-refractivity contribution in [2.45, 2.75) is 52.4 Å². The van der Waals surface area contributed by atoms with Crippen LogP contribution in [-0.2, 0) is 0 Å². The minimum Gasteiger partial charge on any atom is -0.508 e. The third-order valence-electron chi connectivity index (χ3n) is 3.12. The predicted molar refractivity (Wildman–Crippen MR) is 75.3 cm³/mol. The van der Waals surface area contributed by atoms with Crippen molar-refractivity contribution >= 4 is 6.08 Å². The number of phenols is 1. The molecule has 0 aromatic heterocycles. The third kappa shape index (κ3) is 5.08. The van der Waals surface area contributed by atoms with Crippen molar-refractivity contribution in [3.63, 3.8) is 0 Å². The topological polar surface area (TPSA) is 20.2 Å². The molecule has 1 N–H and O–H groups in total. The molecule has 0 unspecified atom stereocenters. The van der Waals surface area contributed by atoms with Gasteiger partial charge in [0.05, 0.1) is 0 Å². The molecule has 0 atom stereocenters. The highest BCUT2D eigenvalue weighted by Gasteiger charge is 1.98. The van der Waals surface area contributed by atoms with Gasteiger partial charge in [0, 0.05) is 0 Å². The lowest BCUT2D eigenvalue weighted by atomic mass is 10.1. The average Bonchev–Trinajstić information content (AvgIpc) is 2.33. The van der Waals surface area contributed by atoms with E-state index in [2.05, 4.69) is 19.1 Å². The van der Waals surface area contributed by atoms with E-state index in [1.165, 1.54) is 32.1 Å². The Hall–Kier alpha value is -1.24. The summed E-state index contributed by atoms with van der Waals surface area (Å²) in [6, 6.07) is 5.67. The number of allylic oxidation sites excluding steroid dienone is 1. The van der Waals surface area contributed by atoms with Gasteiger partial charge in [-0.2, -0.15) is 0 Å². The highest BCUT2D eigenvalue weighted by molar-refractivity contribution is 5.56. The second kappa shape index (κ2) is 7.94. The summed E-state index contributed by atoms with van der Waals surface area (Å²) in [5.74, 6) is 0.384. The quantitative estimate of drug-likeness (QED) is 0.650. The van der Waals surface area contributed by atoms with Gasteiger partial charge < -0.3 is 5.11 Å². The van der Waals surface area contributed by atoms with E-state index >= 15 is 0 Å². The molecule has 0 saturated carbocycles. The van der Waals surface area contributed by atoms with E-state index in [1.807, 2.05) is 19.1 Å². The second-order valence-corrected chi connectivity index (χ2v) is 4.60. The normalized spacial score (nSPS) is 11.2. The number of phenolic OH excluding ortho intramolecular Hbond substituents is 1. The van der Waals surface area contributed by atoms with Crippen molar-refractivity contribution in [3.05, 3.63) is 35.4 Å². The van der Waals surface area contributed by atoms with Gasteiger partial charge in [-0.25, -0.2) is 0 Å². The number of benzene rings is 1. The lowest BCUT2D eigenvalue weighted by Gasteiger charge is -2.02. The first kappa shape index (κ1) is 13.8. The summed E-state index contributed by atoms with van der Waals surface area (Å²) in [5.41, 5.74) is 2.09. The van der Waals surface area contributed by atoms with E-state index in [4.69, 9.17) is 0 Å². The Kier molecular flexibility index (Phi) is 6.46. The average molecular weight is 232 g/mol. The summed E-state index contributed by atoms with van der Waals surface area (Å²) in [4.78, 5) is 0. The zero-order chi connectivity index (χ0) is 12.5. The third-order valence-corrected chi connectivity index (χ3v) is 3.12. The zero-order valence-electron chi connectivity index (χ0n) is 11.1. The Bertz CT molecular complexity index is 353. The molecule has 0 aliphatic carbocycles. The van der Waals surface area contributed by atoms with Crippen LogP contribution >= 0.6 is 0 Å². The van der Waals surface area contributed by atoms with Gasteiger partial charge in [-0.15, -0.1) is 0 Å². The number of aromatic hydroxyl groups is 1. The van der Waals surface area contributed by atoms with Crippen LogP contribution < -0.4 is 0 Å². The van der Waals surface area contributed by atoms with E-state index < -0.39 is 0 Å². The molecule has 1 rings (SSSR count). The van der Waals surface area contributed by atoms with Gasteiger partial charge in [-0.1, -0.05) is 56.9 Å². The van der Waals surface area contributed by atoms with Crippen LogP contribution in [0.15, 0.2) is 24.3 Å². The Labute approximate surface area is 105 Å². The lowest BCUT2D eigenvalue weighted by molar-refractivity contribution is 0.471. The number of hydrogen-bond donors (Lipinski definition) is 1. The van der Waals surface area contributed by atoms with Crippen molar-refractivity contribution < 1.29 is 5.11 Å². The maximum atomic E-state index is 9.57. The van der Waals surface area contributed by atoms with E-state index in [9.17, 15) is 5.11 Å². The Morgan fingerprint density at radius 2 is 1.88 bits per heavy atom. The largest absolute Gasteiger partial charge is 0.508 e. The van der Waals surface area contributed by atoms with Crippen molar-refractivity contribution in [1.29, 1.82) is 0 Å². The summed E-state index contributed by atoms with van der Waals surface area (Å²) in [6.45, 7) is 4.20. The monoisotopic (exact) mass is 232 g/mol. The van der Waals surface area contributed by atoms with Crippen LogP contribution in [0.1, 0.15) is 56.6 Å². The number of rotatable bonds is 7. The molecule has 0 aliphatic heterocycles. The van der Waals surface area contributed by atoms with Crippen molar-refractivity contribution in [2.24, 2.45) is 0 Å². The van der Waals surface area contributed by atoms with Gasteiger partial charge in [-0.05, 0) is 37.0 Å². The summed E-state index contributed by atoms with van der Waals surface area (Å²) in [7, 11) is 0. The van der Waals surface area contributed by atoms with Gasteiger partial charge in [0.1, 0.15) is 5.75 Å². The van der Waals surface area contributed by atoms with Crippen LogP contribution in [0.2, 0.25) is 0 Å². The fourth-order valence-corrected chi connectivity index (χ4v) is 1.90. The standard InChI is InChI=1S/C16H24O/c1-3-4-5-6-7-8-9-11-15-12-10-13-16(17)14(15)2/h9-13,17H,3-8H2,1-2H3/b11-9+. The molecule has 0 spiro atoms. The summed E-state index contributed by atoms with van der Waals surface area (Å²) in [5, 5.41) is 9.57. The van der Waals surface area contributed by atoms with Gasteiger partial charge in [0.25, 0.3) is 0 Å². The van der Waals surface area contributed by atoms with E-state index in [0.717, 1.165) is 17.5 Å². The second-order valence-electron chi connectivity index (χ2n) is 4.60. The Balaban J connectivity index is 2.31. The smallest absolute Gasteiger partial charge is 0.119 e. The minimum absolute atomic E-state index is 0.384. The fraction of sp³-hybridized carbons (Fsp3) is 0.500. The molecule has 1 heteroatoms. The van der Waals surface area contributed by atoms with Crippen molar-refractivity contribution in [3.8, 4) is 5.75 Å². The highest BCUT2D eigenvalue weighted by atomic mass is 16.3. The molecule has 0 amide bonds. The number of hydrogen-bond acceptors (Lipinski definition) is 1. The molecule has 0 aliphatic rings. The summed E-state index contributed by atoms with van der Waals surface area (Å²) >= 11 is 0. The fourth-order valence-electron chi connectivity index (χ4n) is 1.90. The first-order valence-corrected chi connectivity index (χ1v) is 6.70. The van der Waals surface area contributed by atoms with E-state index in [-0.39, 0.29) is 0 Å². The predicted octanol–water partition coefficient (Wildman–Crippen LogP) is 5.07. The summed E-state index contributed by atoms with van der Waals surface area (Å²) < 4.78 is 0. The highest BCUT2D eigenvalue weighted by Crippen LogP contribution is 2.20.